The molecule has 2 rings (SSSR count). The molecule has 0 spiro atoms. The minimum Gasteiger partial charge on any atom is -0.351 e. The van der Waals surface area contributed by atoms with Gasteiger partial charge in [0.25, 0.3) is 0 Å². The molecule has 0 aliphatic carbocycles. The minimum atomic E-state index is 0.123. The normalized spacial score (nSPS) is 12.6. The van der Waals surface area contributed by atoms with E-state index in [1.54, 1.807) is 6.20 Å². The molecule has 2 aromatic heterocycles. The van der Waals surface area contributed by atoms with Gasteiger partial charge in [-0.05, 0) is 13.3 Å². The van der Waals surface area contributed by atoms with Crippen molar-refractivity contribution < 1.29 is 0 Å². The van der Waals surface area contributed by atoms with Crippen molar-refractivity contribution in [2.24, 2.45) is 0 Å². The standard InChI is InChI=1S/C10H15N5S/c1-3-4-8-14-10(16-15-8)13-7(2)9-11-5-6-12-9/h5-7H,3-4H2,1-2H3,(H,11,12)(H,13,14,15). The van der Waals surface area contributed by atoms with Crippen molar-refractivity contribution >= 4 is 16.7 Å². The predicted molar refractivity (Wildman–Crippen MR) is 64.5 cm³/mol. The van der Waals surface area contributed by atoms with E-state index in [0.29, 0.717) is 0 Å². The van der Waals surface area contributed by atoms with Gasteiger partial charge in [-0.1, -0.05) is 6.92 Å². The molecule has 0 bridgehead atoms. The molecule has 86 valence electrons. The number of aromatic nitrogens is 4. The summed E-state index contributed by atoms with van der Waals surface area (Å²) in [6.45, 7) is 4.17. The molecule has 2 heterocycles. The number of nitrogens with one attached hydrogen (secondary N) is 2. The van der Waals surface area contributed by atoms with Gasteiger partial charge in [0.15, 0.2) is 0 Å². The zero-order chi connectivity index (χ0) is 11.4. The van der Waals surface area contributed by atoms with Crippen LogP contribution in [0.15, 0.2) is 12.4 Å². The van der Waals surface area contributed by atoms with Gasteiger partial charge in [0.1, 0.15) is 11.6 Å². The monoisotopic (exact) mass is 237 g/mol. The maximum Gasteiger partial charge on any atom is 0.203 e. The van der Waals surface area contributed by atoms with Crippen LogP contribution in [-0.2, 0) is 6.42 Å². The number of H-pyrrole nitrogens is 1. The summed E-state index contributed by atoms with van der Waals surface area (Å²) in [7, 11) is 0. The summed E-state index contributed by atoms with van der Waals surface area (Å²) in [5, 5.41) is 4.13. The Hall–Kier alpha value is -1.43. The predicted octanol–water partition coefficient (Wildman–Crippen LogP) is 2.39. The Bertz CT molecular complexity index is 422. The third-order valence-electron chi connectivity index (χ3n) is 2.21. The summed E-state index contributed by atoms with van der Waals surface area (Å²) in [6, 6.07) is 0.123. The number of nitrogens with zero attached hydrogens (tertiary/aromatic N) is 3. The molecule has 0 saturated heterocycles. The van der Waals surface area contributed by atoms with Crippen LogP contribution < -0.4 is 5.32 Å². The molecular formula is C10H15N5S. The summed E-state index contributed by atoms with van der Waals surface area (Å²) >= 11 is 1.40. The van der Waals surface area contributed by atoms with Crippen molar-refractivity contribution in [1.29, 1.82) is 0 Å². The van der Waals surface area contributed by atoms with Gasteiger partial charge in [0.2, 0.25) is 5.13 Å². The zero-order valence-electron chi connectivity index (χ0n) is 9.40. The first-order valence-corrected chi connectivity index (χ1v) is 6.15. The van der Waals surface area contributed by atoms with E-state index in [4.69, 9.17) is 0 Å². The van der Waals surface area contributed by atoms with Crippen molar-refractivity contribution in [3.05, 3.63) is 24.0 Å². The van der Waals surface area contributed by atoms with E-state index in [2.05, 4.69) is 31.6 Å². The number of aromatic amines is 1. The molecule has 0 fully saturated rings. The largest absolute Gasteiger partial charge is 0.351 e. The lowest BCUT2D eigenvalue weighted by Crippen LogP contribution is -2.08. The second kappa shape index (κ2) is 5.07. The Labute approximate surface area is 98.5 Å². The lowest BCUT2D eigenvalue weighted by molar-refractivity contribution is 0.803. The molecular weight excluding hydrogens is 222 g/mol. The molecule has 6 heteroatoms. The number of hydrogen-bond acceptors (Lipinski definition) is 5. The Morgan fingerprint density at radius 3 is 3.12 bits per heavy atom. The van der Waals surface area contributed by atoms with Gasteiger partial charge in [-0.2, -0.15) is 4.37 Å². The first-order valence-electron chi connectivity index (χ1n) is 5.38. The minimum absolute atomic E-state index is 0.123. The molecule has 2 N–H and O–H groups in total. The molecule has 0 aromatic carbocycles. The Kier molecular flexibility index (Phi) is 3.51. The van der Waals surface area contributed by atoms with E-state index < -0.39 is 0 Å². The lowest BCUT2D eigenvalue weighted by Gasteiger charge is -2.08. The molecule has 0 amide bonds. The highest BCUT2D eigenvalue weighted by atomic mass is 32.1. The van der Waals surface area contributed by atoms with E-state index >= 15 is 0 Å². The summed E-state index contributed by atoms with van der Waals surface area (Å²) in [5.41, 5.74) is 0. The topological polar surface area (TPSA) is 66.5 Å². The van der Waals surface area contributed by atoms with Crippen LogP contribution in [0.3, 0.4) is 0 Å². The Balaban J connectivity index is 1.98. The lowest BCUT2D eigenvalue weighted by atomic mass is 10.3. The summed E-state index contributed by atoms with van der Waals surface area (Å²) in [5.74, 6) is 1.83. The molecule has 0 radical (unpaired) electrons. The Morgan fingerprint density at radius 1 is 1.56 bits per heavy atom. The molecule has 2 aromatic rings. The van der Waals surface area contributed by atoms with Crippen molar-refractivity contribution in [3.63, 3.8) is 0 Å². The van der Waals surface area contributed by atoms with Gasteiger partial charge in [0, 0.05) is 30.3 Å². The number of imidazole rings is 1. The third-order valence-corrected chi connectivity index (χ3v) is 2.90. The maximum absolute atomic E-state index is 4.40. The highest BCUT2D eigenvalue weighted by Gasteiger charge is 2.10. The average Bonchev–Trinajstić information content (AvgIpc) is 2.89. The van der Waals surface area contributed by atoms with Crippen molar-refractivity contribution in [1.82, 2.24) is 19.3 Å². The van der Waals surface area contributed by atoms with Crippen LogP contribution in [0, 0.1) is 0 Å². The SMILES string of the molecule is CCCc1nsc(NC(C)c2ncc[nH]2)n1. The van der Waals surface area contributed by atoms with Gasteiger partial charge in [0.05, 0.1) is 6.04 Å². The second-order valence-electron chi connectivity index (χ2n) is 3.61. The second-order valence-corrected chi connectivity index (χ2v) is 4.36. The highest BCUT2D eigenvalue weighted by Crippen LogP contribution is 2.18. The molecule has 0 aliphatic heterocycles. The number of rotatable bonds is 5. The Morgan fingerprint density at radius 2 is 2.44 bits per heavy atom. The van der Waals surface area contributed by atoms with Crippen molar-refractivity contribution in [2.45, 2.75) is 32.7 Å². The van der Waals surface area contributed by atoms with Gasteiger partial charge < -0.3 is 10.3 Å². The molecule has 5 nitrogen and oxygen atoms in total. The fourth-order valence-electron chi connectivity index (χ4n) is 1.41. The summed E-state index contributed by atoms with van der Waals surface area (Å²) in [6.07, 6.45) is 5.57. The first-order chi connectivity index (χ1) is 7.79. The summed E-state index contributed by atoms with van der Waals surface area (Å²) < 4.78 is 4.28. The zero-order valence-corrected chi connectivity index (χ0v) is 10.2. The van der Waals surface area contributed by atoms with E-state index in [1.807, 2.05) is 13.1 Å². The van der Waals surface area contributed by atoms with Gasteiger partial charge >= 0.3 is 0 Å². The molecule has 0 saturated carbocycles. The average molecular weight is 237 g/mol. The molecule has 1 atom stereocenters. The van der Waals surface area contributed by atoms with E-state index in [0.717, 1.165) is 29.6 Å². The van der Waals surface area contributed by atoms with Crippen LogP contribution in [0.1, 0.15) is 38.0 Å². The fraction of sp³-hybridized carbons (Fsp3) is 0.500. The summed E-state index contributed by atoms with van der Waals surface area (Å²) in [4.78, 5) is 11.7. The number of anilines is 1. The quantitative estimate of drug-likeness (QED) is 0.838. The van der Waals surface area contributed by atoms with Crippen LogP contribution in [0.4, 0.5) is 5.13 Å². The molecule has 1 unspecified atom stereocenters. The van der Waals surface area contributed by atoms with E-state index in [9.17, 15) is 0 Å². The smallest absolute Gasteiger partial charge is 0.203 e. The first kappa shape index (κ1) is 11.1. The van der Waals surface area contributed by atoms with Crippen molar-refractivity contribution in [2.75, 3.05) is 5.32 Å². The number of aryl methyl sites for hydroxylation is 1. The fourth-order valence-corrected chi connectivity index (χ4v) is 2.11. The molecule has 0 aliphatic rings. The molecule has 16 heavy (non-hydrogen) atoms. The van der Waals surface area contributed by atoms with Crippen LogP contribution in [0.5, 0.6) is 0 Å². The highest BCUT2D eigenvalue weighted by molar-refractivity contribution is 7.09. The van der Waals surface area contributed by atoms with Gasteiger partial charge in [-0.15, -0.1) is 0 Å². The number of hydrogen-bond donors (Lipinski definition) is 2. The van der Waals surface area contributed by atoms with Gasteiger partial charge in [-0.25, -0.2) is 9.97 Å². The van der Waals surface area contributed by atoms with Crippen LogP contribution in [0.2, 0.25) is 0 Å². The van der Waals surface area contributed by atoms with Gasteiger partial charge in [-0.3, -0.25) is 0 Å². The van der Waals surface area contributed by atoms with Crippen LogP contribution in [0.25, 0.3) is 0 Å². The van der Waals surface area contributed by atoms with E-state index in [-0.39, 0.29) is 6.04 Å². The maximum atomic E-state index is 4.40. The third kappa shape index (κ3) is 2.57. The van der Waals surface area contributed by atoms with Crippen molar-refractivity contribution in [3.8, 4) is 0 Å². The van der Waals surface area contributed by atoms with Crippen LogP contribution in [-0.4, -0.2) is 19.3 Å². The van der Waals surface area contributed by atoms with E-state index in [1.165, 1.54) is 11.5 Å². The van der Waals surface area contributed by atoms with Crippen LogP contribution >= 0.6 is 11.5 Å².